The van der Waals surface area contributed by atoms with Crippen molar-refractivity contribution in [3.63, 3.8) is 0 Å². The molecule has 1 atom stereocenters. The topological polar surface area (TPSA) is 89.5 Å². The first kappa shape index (κ1) is 22.2. The highest BCUT2D eigenvalue weighted by Gasteiger charge is 2.33. The first-order chi connectivity index (χ1) is 16.7. The molecule has 1 aliphatic heterocycles. The number of piperazine rings is 1. The lowest BCUT2D eigenvalue weighted by molar-refractivity contribution is 0.171. The van der Waals surface area contributed by atoms with Gasteiger partial charge in [0.05, 0.1) is 24.1 Å². The van der Waals surface area contributed by atoms with Crippen LogP contribution < -0.4 is 10.3 Å². The van der Waals surface area contributed by atoms with Gasteiger partial charge >= 0.3 is 0 Å². The van der Waals surface area contributed by atoms with Gasteiger partial charge in [0.1, 0.15) is 17.9 Å². The molecular formula is C25H28N6O3. The number of benzene rings is 2. The molecule has 1 aliphatic rings. The van der Waals surface area contributed by atoms with Crippen LogP contribution in [-0.2, 0) is 11.3 Å². The summed E-state index contributed by atoms with van der Waals surface area (Å²) >= 11 is 0. The Kier molecular flexibility index (Phi) is 6.37. The summed E-state index contributed by atoms with van der Waals surface area (Å²) in [6, 6.07) is 15.6. The fourth-order valence-electron chi connectivity index (χ4n) is 4.57. The van der Waals surface area contributed by atoms with E-state index in [1.165, 1.54) is 5.69 Å². The summed E-state index contributed by atoms with van der Waals surface area (Å²) in [5.41, 5.74) is 3.27. The minimum absolute atomic E-state index is 0.0540. The summed E-state index contributed by atoms with van der Waals surface area (Å²) in [6.45, 7) is 6.10. The number of aromatic nitrogens is 4. The minimum Gasteiger partial charge on any atom is -0.464 e. The molecule has 3 heterocycles. The van der Waals surface area contributed by atoms with E-state index < -0.39 is 6.04 Å². The van der Waals surface area contributed by atoms with Gasteiger partial charge < -0.3 is 14.1 Å². The predicted molar refractivity (Wildman–Crippen MR) is 129 cm³/mol. The molecule has 0 saturated carbocycles. The Hall–Kier alpha value is -3.56. The Bertz CT molecular complexity index is 1310. The zero-order chi connectivity index (χ0) is 23.5. The number of hydrogen-bond donors (Lipinski definition) is 0. The summed E-state index contributed by atoms with van der Waals surface area (Å²) in [7, 11) is 1.64. The first-order valence-electron chi connectivity index (χ1n) is 11.5. The second-order valence-corrected chi connectivity index (χ2v) is 8.53. The van der Waals surface area contributed by atoms with Crippen molar-refractivity contribution in [3.05, 3.63) is 82.0 Å². The zero-order valence-corrected chi connectivity index (χ0v) is 19.4. The minimum atomic E-state index is -0.425. The van der Waals surface area contributed by atoms with Crippen molar-refractivity contribution in [2.75, 3.05) is 44.8 Å². The van der Waals surface area contributed by atoms with Crippen LogP contribution in [0, 0.1) is 6.92 Å². The number of hydrogen-bond acceptors (Lipinski definition) is 8. The summed E-state index contributed by atoms with van der Waals surface area (Å²) in [6.07, 6.45) is 1.57. The van der Waals surface area contributed by atoms with Gasteiger partial charge in [-0.1, -0.05) is 29.8 Å². The van der Waals surface area contributed by atoms with Crippen molar-refractivity contribution < 1.29 is 9.15 Å². The summed E-state index contributed by atoms with van der Waals surface area (Å²) in [5.74, 6) is 0.615. The molecule has 0 aliphatic carbocycles. The van der Waals surface area contributed by atoms with E-state index in [1.54, 1.807) is 18.1 Å². The molecule has 176 valence electrons. The van der Waals surface area contributed by atoms with Crippen molar-refractivity contribution >= 4 is 16.7 Å². The number of ether oxygens (including phenoxy) is 1. The number of para-hydroxylation sites is 1. The van der Waals surface area contributed by atoms with Crippen LogP contribution >= 0.6 is 0 Å². The molecule has 0 unspecified atom stereocenters. The zero-order valence-electron chi connectivity index (χ0n) is 19.4. The van der Waals surface area contributed by atoms with Crippen LogP contribution in [0.1, 0.15) is 23.0 Å². The van der Waals surface area contributed by atoms with Crippen molar-refractivity contribution in [2.45, 2.75) is 19.5 Å². The Morgan fingerprint density at radius 2 is 1.88 bits per heavy atom. The highest BCUT2D eigenvalue weighted by molar-refractivity contribution is 5.77. The standard InChI is InChI=1S/C25H28N6O3/c1-18-8-9-22-20(16-18)24(32)21(17-34-22)23(25-26-27-28-31(25)14-15-33-2)30-12-10-29(11-13-30)19-6-4-3-5-7-19/h3-9,16-17,23H,10-15H2,1-2H3/t23-/m0/s1. The lowest BCUT2D eigenvalue weighted by Gasteiger charge is -2.39. The molecule has 0 bridgehead atoms. The fourth-order valence-corrected chi connectivity index (χ4v) is 4.57. The molecule has 4 aromatic rings. The van der Waals surface area contributed by atoms with E-state index in [-0.39, 0.29) is 5.43 Å². The number of nitrogens with zero attached hydrogens (tertiary/aromatic N) is 6. The van der Waals surface area contributed by atoms with Crippen molar-refractivity contribution in [2.24, 2.45) is 0 Å². The van der Waals surface area contributed by atoms with Crippen LogP contribution in [0.3, 0.4) is 0 Å². The monoisotopic (exact) mass is 460 g/mol. The van der Waals surface area contributed by atoms with E-state index in [2.05, 4.69) is 49.6 Å². The van der Waals surface area contributed by atoms with Crippen molar-refractivity contribution in [3.8, 4) is 0 Å². The molecule has 0 radical (unpaired) electrons. The highest BCUT2D eigenvalue weighted by Crippen LogP contribution is 2.29. The van der Waals surface area contributed by atoms with E-state index in [9.17, 15) is 4.79 Å². The lowest BCUT2D eigenvalue weighted by atomic mass is 10.0. The van der Waals surface area contributed by atoms with Gasteiger partial charge in [-0.25, -0.2) is 4.68 Å². The Balaban J connectivity index is 1.53. The normalized spacial score (nSPS) is 15.6. The van der Waals surface area contributed by atoms with Crippen LogP contribution in [0.25, 0.3) is 11.0 Å². The summed E-state index contributed by atoms with van der Waals surface area (Å²) in [5, 5.41) is 13.0. The third kappa shape index (κ3) is 4.32. The van der Waals surface area contributed by atoms with Gasteiger partial charge in [0.2, 0.25) is 0 Å². The number of anilines is 1. The summed E-state index contributed by atoms with van der Waals surface area (Å²) in [4.78, 5) is 18.3. The molecule has 1 fully saturated rings. The van der Waals surface area contributed by atoms with Gasteiger partial charge in [0.25, 0.3) is 0 Å². The highest BCUT2D eigenvalue weighted by atomic mass is 16.5. The van der Waals surface area contributed by atoms with E-state index in [1.807, 2.05) is 31.2 Å². The third-order valence-corrected chi connectivity index (χ3v) is 6.36. The molecule has 9 heteroatoms. The number of methoxy groups -OCH3 is 1. The Labute approximate surface area is 197 Å². The van der Waals surface area contributed by atoms with E-state index >= 15 is 0 Å². The van der Waals surface area contributed by atoms with Crippen LogP contribution in [-0.4, -0.2) is 65.0 Å². The molecule has 5 rings (SSSR count). The Morgan fingerprint density at radius 3 is 2.65 bits per heavy atom. The van der Waals surface area contributed by atoms with Crippen LogP contribution in [0.2, 0.25) is 0 Å². The molecule has 2 aromatic carbocycles. The van der Waals surface area contributed by atoms with E-state index in [4.69, 9.17) is 9.15 Å². The first-order valence-corrected chi connectivity index (χ1v) is 11.5. The van der Waals surface area contributed by atoms with Gasteiger partial charge in [-0.2, -0.15) is 0 Å². The number of rotatable bonds is 7. The number of tetrazole rings is 1. The van der Waals surface area contributed by atoms with Crippen molar-refractivity contribution in [1.82, 2.24) is 25.1 Å². The maximum Gasteiger partial charge on any atom is 0.197 e. The third-order valence-electron chi connectivity index (χ3n) is 6.36. The number of aryl methyl sites for hydroxylation is 1. The Morgan fingerprint density at radius 1 is 1.09 bits per heavy atom. The maximum absolute atomic E-state index is 13.7. The second-order valence-electron chi connectivity index (χ2n) is 8.53. The largest absolute Gasteiger partial charge is 0.464 e. The molecule has 9 nitrogen and oxygen atoms in total. The van der Waals surface area contributed by atoms with Gasteiger partial charge in [0.15, 0.2) is 11.3 Å². The average Bonchev–Trinajstić information content (AvgIpc) is 3.33. The molecule has 34 heavy (non-hydrogen) atoms. The van der Waals surface area contributed by atoms with Crippen LogP contribution in [0.15, 0.2) is 64.0 Å². The second kappa shape index (κ2) is 9.74. The number of fused-ring (bicyclic) bond motifs is 1. The lowest BCUT2D eigenvalue weighted by Crippen LogP contribution is -2.49. The van der Waals surface area contributed by atoms with Crippen molar-refractivity contribution in [1.29, 1.82) is 0 Å². The van der Waals surface area contributed by atoms with Gasteiger partial charge in [0, 0.05) is 39.0 Å². The van der Waals surface area contributed by atoms with E-state index in [0.717, 1.165) is 31.7 Å². The SMILES string of the molecule is COCCn1nnnc1[C@H](c1coc2ccc(C)cc2c1=O)N1CCN(c2ccccc2)CC1. The molecule has 0 spiro atoms. The molecule has 1 saturated heterocycles. The van der Waals surface area contributed by atoms with Gasteiger partial charge in [-0.05, 0) is 41.6 Å². The maximum atomic E-state index is 13.7. The average molecular weight is 461 g/mol. The van der Waals surface area contributed by atoms with Gasteiger partial charge in [-0.15, -0.1) is 5.10 Å². The smallest absolute Gasteiger partial charge is 0.197 e. The van der Waals surface area contributed by atoms with Crippen LogP contribution in [0.4, 0.5) is 5.69 Å². The fraction of sp³-hybridized carbons (Fsp3) is 0.360. The predicted octanol–water partition coefficient (Wildman–Crippen LogP) is 2.65. The molecular weight excluding hydrogens is 432 g/mol. The molecule has 2 aromatic heterocycles. The molecule has 0 amide bonds. The molecule has 0 N–H and O–H groups in total. The van der Waals surface area contributed by atoms with E-state index in [0.29, 0.717) is 35.5 Å². The quantitative estimate of drug-likeness (QED) is 0.416. The van der Waals surface area contributed by atoms with Gasteiger partial charge in [-0.3, -0.25) is 9.69 Å². The van der Waals surface area contributed by atoms with Crippen LogP contribution in [0.5, 0.6) is 0 Å². The summed E-state index contributed by atoms with van der Waals surface area (Å²) < 4.78 is 12.9.